The summed E-state index contributed by atoms with van der Waals surface area (Å²) in [6.07, 6.45) is 1.63. The smallest absolute Gasteiger partial charge is 0.871 e. The van der Waals surface area contributed by atoms with Crippen molar-refractivity contribution in [2.24, 2.45) is 0 Å². The van der Waals surface area contributed by atoms with Gasteiger partial charge in [0.25, 0.3) is 0 Å². The zero-order valence-corrected chi connectivity index (χ0v) is 71.0. The summed E-state index contributed by atoms with van der Waals surface area (Å²) in [7, 11) is 0. The van der Waals surface area contributed by atoms with Crippen LogP contribution in [0.1, 0.15) is 52.7 Å². The number of furan rings is 2. The molecule has 6 heterocycles. The number of hydrogen-bond acceptors (Lipinski definition) is 9. The normalized spacial score (nSPS) is 11.7. The zero-order chi connectivity index (χ0) is 84.4. The van der Waals surface area contributed by atoms with Gasteiger partial charge >= 0.3 is 18.9 Å². The maximum absolute atomic E-state index is 11.1. The molecule has 0 spiro atoms. The fourth-order valence-corrected chi connectivity index (χ4v) is 17.5. The van der Waals surface area contributed by atoms with E-state index in [2.05, 4.69) is 375 Å². The fraction of sp³-hybridized carbons (Fsp3) is 0.0702. The molecule has 0 radical (unpaired) electrons. The Morgan fingerprint density at radius 3 is 1.08 bits per heavy atom. The zero-order valence-electron chi connectivity index (χ0n) is 71.0. The molecular formula is C114H85LiN8O3. The van der Waals surface area contributed by atoms with E-state index in [9.17, 15) is 5.11 Å². The van der Waals surface area contributed by atoms with E-state index in [0.29, 0.717) is 23.0 Å². The molecule has 0 bridgehead atoms. The van der Waals surface area contributed by atoms with Crippen LogP contribution in [-0.2, 0) is 10.8 Å². The number of rotatable bonds is 12. The van der Waals surface area contributed by atoms with Crippen LogP contribution in [0.4, 0.5) is 34.1 Å². The Kier molecular flexibility index (Phi) is 20.6. The summed E-state index contributed by atoms with van der Waals surface area (Å²) in [6.45, 7) is 13.6. The first-order valence-electron chi connectivity index (χ1n) is 42.4. The number of fused-ring (bicyclic) bond motifs is 14. The molecule has 0 aliphatic rings. The minimum Gasteiger partial charge on any atom is -0.871 e. The van der Waals surface area contributed by atoms with Gasteiger partial charge in [0.1, 0.15) is 22.3 Å². The van der Waals surface area contributed by atoms with Crippen molar-refractivity contribution in [3.63, 3.8) is 0 Å². The van der Waals surface area contributed by atoms with Gasteiger partial charge in [-0.1, -0.05) is 290 Å². The second-order valence-electron chi connectivity index (χ2n) is 34.0. The van der Waals surface area contributed by atoms with Gasteiger partial charge in [0.15, 0.2) is 17.5 Å². The monoisotopic (exact) mass is 1620 g/mol. The van der Waals surface area contributed by atoms with E-state index in [1.807, 2.05) is 78.9 Å². The molecule has 12 heteroatoms. The van der Waals surface area contributed by atoms with Crippen LogP contribution in [0.2, 0.25) is 0 Å². The Hall–Kier alpha value is -15.4. The van der Waals surface area contributed by atoms with Crippen molar-refractivity contribution in [3.8, 4) is 62.4 Å². The third-order valence-corrected chi connectivity index (χ3v) is 23.8. The molecule has 11 nitrogen and oxygen atoms in total. The van der Waals surface area contributed by atoms with Crippen LogP contribution in [0, 0.1) is 0 Å². The third-order valence-electron chi connectivity index (χ3n) is 23.8. The molecule has 0 aliphatic heterocycles. The van der Waals surface area contributed by atoms with Crippen molar-refractivity contribution < 1.29 is 32.8 Å². The average molecular weight is 1620 g/mol. The first-order chi connectivity index (χ1) is 61.1. The van der Waals surface area contributed by atoms with Crippen molar-refractivity contribution >= 4 is 143 Å². The average Bonchev–Trinajstić information content (AvgIpc) is 1.58. The van der Waals surface area contributed by atoms with Gasteiger partial charge in [-0.05, 0) is 195 Å². The van der Waals surface area contributed by atoms with Crippen molar-refractivity contribution in [1.82, 2.24) is 29.1 Å². The van der Waals surface area contributed by atoms with Gasteiger partial charge in [0.05, 0.1) is 27.6 Å². The molecule has 0 fully saturated rings. The van der Waals surface area contributed by atoms with Gasteiger partial charge in [-0.3, -0.25) is 4.98 Å². The summed E-state index contributed by atoms with van der Waals surface area (Å²) in [4.78, 5) is 23.3. The van der Waals surface area contributed by atoms with E-state index in [4.69, 9.17) is 23.8 Å². The van der Waals surface area contributed by atoms with Crippen LogP contribution in [-0.4, -0.2) is 29.1 Å². The van der Waals surface area contributed by atoms with E-state index >= 15 is 0 Å². The molecular weight excluding hydrogens is 1540 g/mol. The maximum Gasteiger partial charge on any atom is 1.00 e. The standard InChI is InChI=1S/C70H44N4O2.C35H35N3.C9H7NO.Li/c1-5-17-47(18-6-1)71(51-29-33-57-55-25-13-15-27-63(55)73(65(57)41-51)49-21-9-3-10-22-49)53-31-35-59-61-37-45-40-68-62(38-46(45)39-67(61)75-69(59)43-53)60-36-32-54(44-70(60)76-68)72(48-19-7-2-8-20-48)52-30-34-58-56-26-14-16-28-64(56)74(66(58)42-52)50-23-11-4-12-24-50;1-34(2,3)29-21-28(22-30(23-29)35(4,5)6)26-18-13-19-27(20-26)33-37-31(24-14-9-7-10-15-24)36-32(38-33)25-16-11-8-12-17-25;11-8-5-1-3-7-4-2-6-10-9(7)8;/h1-44H;7-23H,1-6H3;1-6,11H;/q;;;+1/p-1. The predicted molar refractivity (Wildman–Crippen MR) is 517 cm³/mol. The van der Waals surface area contributed by atoms with Crippen molar-refractivity contribution in [1.29, 1.82) is 0 Å². The summed E-state index contributed by atoms with van der Waals surface area (Å²) >= 11 is 0. The second-order valence-corrected chi connectivity index (χ2v) is 34.0. The van der Waals surface area contributed by atoms with Crippen LogP contribution in [0.25, 0.3) is 166 Å². The fourth-order valence-electron chi connectivity index (χ4n) is 17.5. The first-order valence-corrected chi connectivity index (χ1v) is 42.4. The van der Waals surface area contributed by atoms with Crippen LogP contribution < -0.4 is 33.8 Å². The third kappa shape index (κ3) is 15.0. The van der Waals surface area contributed by atoms with E-state index in [1.54, 1.807) is 12.3 Å². The van der Waals surface area contributed by atoms with Gasteiger partial charge in [0.2, 0.25) is 0 Å². The maximum atomic E-state index is 11.1. The molecule has 0 unspecified atom stereocenters. The molecule has 6 aromatic heterocycles. The van der Waals surface area contributed by atoms with E-state index in [1.165, 1.54) is 55.3 Å². The molecule has 126 heavy (non-hydrogen) atoms. The molecule has 23 rings (SSSR count). The summed E-state index contributed by atoms with van der Waals surface area (Å²) in [5.74, 6) is 2.00. The summed E-state index contributed by atoms with van der Waals surface area (Å²) in [5, 5.41) is 23.3. The number of hydrogen-bond donors (Lipinski definition) is 0. The van der Waals surface area contributed by atoms with Crippen molar-refractivity contribution in [2.45, 2.75) is 52.4 Å². The summed E-state index contributed by atoms with van der Waals surface area (Å²) in [6, 6.07) is 140. The van der Waals surface area contributed by atoms with Crippen LogP contribution in [0.3, 0.4) is 0 Å². The van der Waals surface area contributed by atoms with Gasteiger partial charge in [-0.15, -0.1) is 0 Å². The van der Waals surface area contributed by atoms with Gasteiger partial charge < -0.3 is 32.9 Å². The van der Waals surface area contributed by atoms with Crippen molar-refractivity contribution in [3.05, 3.63) is 418 Å². The Morgan fingerprint density at radius 1 is 0.262 bits per heavy atom. The van der Waals surface area contributed by atoms with Gasteiger partial charge in [-0.25, -0.2) is 15.0 Å². The topological polar surface area (TPSA) is 117 Å². The first kappa shape index (κ1) is 79.1. The van der Waals surface area contributed by atoms with Gasteiger partial charge in [0, 0.05) is 124 Å². The van der Waals surface area contributed by atoms with Gasteiger partial charge in [-0.2, -0.15) is 0 Å². The van der Waals surface area contributed by atoms with Crippen LogP contribution in [0.15, 0.2) is 415 Å². The quantitative estimate of drug-likeness (QED) is 0.110. The minimum absolute atomic E-state index is 0. The molecule has 17 aromatic carbocycles. The summed E-state index contributed by atoms with van der Waals surface area (Å²) < 4.78 is 18.4. The van der Waals surface area contributed by atoms with Crippen LogP contribution in [0.5, 0.6) is 5.75 Å². The van der Waals surface area contributed by atoms with E-state index in [0.717, 1.165) is 139 Å². The molecule has 0 N–H and O–H groups in total. The SMILES string of the molecule is CC(C)(C)c1cc(-c2cccc(-c3nc(-c4ccccc4)nc(-c4ccccc4)n3)c2)cc(C(C)(C)C)c1.[Li+].[O-]c1cccc2cccnc12.c1ccc(N(c2ccc3c(c2)oc2cc4cc5c(cc4cc23)oc2cc(N(c3ccccc3)c3ccc4c6ccccc6n(-c6ccccc6)c4c3)ccc25)c2ccc3c4ccccc4n(-c4ccccc4)c3c2)cc1. The molecule has 0 amide bonds. The molecule has 0 saturated heterocycles. The molecule has 23 aromatic rings. The van der Waals surface area contributed by atoms with Crippen LogP contribution >= 0.6 is 0 Å². The number of benzene rings is 17. The molecule has 600 valence electrons. The predicted octanol–water partition coefficient (Wildman–Crippen LogP) is 27.2. The number of anilines is 6. The number of para-hydroxylation sites is 7. The van der Waals surface area contributed by atoms with Crippen molar-refractivity contribution in [2.75, 3.05) is 9.80 Å². The van der Waals surface area contributed by atoms with E-state index < -0.39 is 0 Å². The second kappa shape index (κ2) is 32.8. The largest absolute Gasteiger partial charge is 1.00 e. The number of nitrogens with zero attached hydrogens (tertiary/aromatic N) is 8. The Balaban J connectivity index is 0.000000166. The molecule has 0 saturated carbocycles. The Bertz CT molecular complexity index is 7610. The summed E-state index contributed by atoms with van der Waals surface area (Å²) in [5.41, 5.74) is 25.1. The Labute approximate surface area is 742 Å². The molecule has 0 atom stereocenters. The molecule has 0 aliphatic carbocycles. The van der Waals surface area contributed by atoms with E-state index in [-0.39, 0.29) is 35.4 Å². The Morgan fingerprint density at radius 2 is 0.627 bits per heavy atom. The minimum atomic E-state index is -0.0110. The number of aromatic nitrogens is 6. The number of pyridine rings is 1.